The fourth-order valence-electron chi connectivity index (χ4n) is 1.65. The van der Waals surface area contributed by atoms with Crippen molar-refractivity contribution in [3.8, 4) is 11.3 Å². The third-order valence-electron chi connectivity index (χ3n) is 2.55. The summed E-state index contributed by atoms with van der Waals surface area (Å²) in [7, 11) is 3.75. The number of hydrogen-bond donors (Lipinski definition) is 1. The molecule has 1 heterocycles. The number of halogens is 2. The first-order chi connectivity index (χ1) is 8.11. The summed E-state index contributed by atoms with van der Waals surface area (Å²) in [6.45, 7) is 0.735. The summed E-state index contributed by atoms with van der Waals surface area (Å²) in [5, 5.41) is 7.54. The number of benzene rings is 1. The number of rotatable bonds is 3. The molecular formula is C12H13ClFN3. The van der Waals surface area contributed by atoms with Crippen molar-refractivity contribution in [3.63, 3.8) is 0 Å². The molecule has 0 radical (unpaired) electrons. The molecule has 17 heavy (non-hydrogen) atoms. The zero-order chi connectivity index (χ0) is 12.4. The molecule has 0 aliphatic carbocycles. The van der Waals surface area contributed by atoms with E-state index in [4.69, 9.17) is 11.6 Å². The number of nitrogens with zero attached hydrogens (tertiary/aromatic N) is 2. The van der Waals surface area contributed by atoms with Crippen LogP contribution in [0.15, 0.2) is 24.3 Å². The maximum absolute atomic E-state index is 13.1. The largest absolute Gasteiger partial charge is 0.314 e. The first-order valence-corrected chi connectivity index (χ1v) is 5.62. The zero-order valence-electron chi connectivity index (χ0n) is 9.67. The molecule has 0 amide bonds. The van der Waals surface area contributed by atoms with Gasteiger partial charge in [-0.25, -0.2) is 4.39 Å². The molecule has 0 aliphatic heterocycles. The molecule has 3 nitrogen and oxygen atoms in total. The summed E-state index contributed by atoms with van der Waals surface area (Å²) in [4.78, 5) is 0. The number of aryl methyl sites for hydroxylation is 1. The number of nitrogens with one attached hydrogen (secondary N) is 1. The second kappa shape index (κ2) is 4.85. The molecule has 0 bridgehead atoms. The summed E-state index contributed by atoms with van der Waals surface area (Å²) >= 11 is 5.75. The number of aromatic nitrogens is 2. The van der Waals surface area contributed by atoms with E-state index in [1.807, 2.05) is 20.2 Å². The van der Waals surface area contributed by atoms with Gasteiger partial charge in [-0.2, -0.15) is 5.10 Å². The van der Waals surface area contributed by atoms with Crippen LogP contribution in [0.25, 0.3) is 11.3 Å². The molecule has 1 aromatic heterocycles. The molecule has 1 N–H and O–H groups in total. The summed E-state index contributed by atoms with van der Waals surface area (Å²) in [6.07, 6.45) is 0. The Kier molecular flexibility index (Phi) is 3.45. The molecule has 0 aliphatic rings. The minimum Gasteiger partial charge on any atom is -0.314 e. The van der Waals surface area contributed by atoms with Crippen molar-refractivity contribution in [2.75, 3.05) is 7.05 Å². The van der Waals surface area contributed by atoms with Crippen LogP contribution in [0.2, 0.25) is 5.02 Å². The van der Waals surface area contributed by atoms with Crippen LogP contribution in [0.5, 0.6) is 0 Å². The first kappa shape index (κ1) is 12.1. The summed E-state index contributed by atoms with van der Waals surface area (Å²) < 4.78 is 14.8. The third kappa shape index (κ3) is 2.48. The van der Waals surface area contributed by atoms with Crippen molar-refractivity contribution in [1.82, 2.24) is 15.1 Å². The molecule has 0 unspecified atom stereocenters. The van der Waals surface area contributed by atoms with E-state index in [1.54, 1.807) is 16.8 Å². The molecule has 90 valence electrons. The van der Waals surface area contributed by atoms with Crippen molar-refractivity contribution >= 4 is 11.6 Å². The van der Waals surface area contributed by atoms with Gasteiger partial charge in [0.25, 0.3) is 0 Å². The molecule has 5 heteroatoms. The van der Waals surface area contributed by atoms with Crippen LogP contribution in [0.4, 0.5) is 4.39 Å². The van der Waals surface area contributed by atoms with Crippen molar-refractivity contribution in [2.45, 2.75) is 6.54 Å². The lowest BCUT2D eigenvalue weighted by Crippen LogP contribution is -2.09. The van der Waals surface area contributed by atoms with E-state index < -0.39 is 5.82 Å². The molecule has 0 fully saturated rings. The highest BCUT2D eigenvalue weighted by Crippen LogP contribution is 2.24. The van der Waals surface area contributed by atoms with Gasteiger partial charge in [0.1, 0.15) is 5.82 Å². The Hall–Kier alpha value is -1.39. The van der Waals surface area contributed by atoms with Gasteiger partial charge in [-0.3, -0.25) is 4.68 Å². The Labute approximate surface area is 104 Å². The van der Waals surface area contributed by atoms with Gasteiger partial charge >= 0.3 is 0 Å². The fraction of sp³-hybridized carbons (Fsp3) is 0.250. The van der Waals surface area contributed by atoms with E-state index in [2.05, 4.69) is 10.4 Å². The van der Waals surface area contributed by atoms with Gasteiger partial charge in [0, 0.05) is 19.2 Å². The van der Waals surface area contributed by atoms with Gasteiger partial charge in [0.15, 0.2) is 0 Å². The predicted octanol–water partition coefficient (Wildman–Crippen LogP) is 2.60. The van der Waals surface area contributed by atoms with Gasteiger partial charge in [-0.15, -0.1) is 0 Å². The van der Waals surface area contributed by atoms with Gasteiger partial charge in [-0.1, -0.05) is 11.6 Å². The summed E-state index contributed by atoms with van der Waals surface area (Å²) in [5.41, 5.74) is 2.66. The lowest BCUT2D eigenvalue weighted by molar-refractivity contribution is 0.628. The Bertz CT molecular complexity index is 537. The van der Waals surface area contributed by atoms with Crippen molar-refractivity contribution in [2.24, 2.45) is 7.05 Å². The Morgan fingerprint density at radius 3 is 2.82 bits per heavy atom. The van der Waals surface area contributed by atoms with Crippen molar-refractivity contribution in [3.05, 3.63) is 40.8 Å². The highest BCUT2D eigenvalue weighted by molar-refractivity contribution is 6.31. The average Bonchev–Trinajstić information content (AvgIpc) is 2.65. The molecule has 2 aromatic rings. The topological polar surface area (TPSA) is 29.9 Å². The van der Waals surface area contributed by atoms with E-state index in [9.17, 15) is 4.39 Å². The van der Waals surface area contributed by atoms with Crippen LogP contribution in [0.3, 0.4) is 0 Å². The summed E-state index contributed by atoms with van der Waals surface area (Å²) in [6, 6.07) is 6.57. The van der Waals surface area contributed by atoms with Crippen molar-refractivity contribution in [1.29, 1.82) is 0 Å². The molecule has 0 saturated heterocycles. The second-order valence-electron chi connectivity index (χ2n) is 3.80. The SMILES string of the molecule is CNCc1cc(-c2ccc(F)c(Cl)c2)nn1C. The minimum absolute atomic E-state index is 0.114. The first-order valence-electron chi connectivity index (χ1n) is 5.24. The monoisotopic (exact) mass is 253 g/mol. The summed E-state index contributed by atoms with van der Waals surface area (Å²) in [5.74, 6) is -0.415. The number of hydrogen-bond acceptors (Lipinski definition) is 2. The lowest BCUT2D eigenvalue weighted by atomic mass is 10.1. The minimum atomic E-state index is -0.415. The lowest BCUT2D eigenvalue weighted by Gasteiger charge is -1.98. The van der Waals surface area contributed by atoms with Crippen LogP contribution in [-0.2, 0) is 13.6 Å². The average molecular weight is 254 g/mol. The van der Waals surface area contributed by atoms with Crippen LogP contribution >= 0.6 is 11.6 Å². The van der Waals surface area contributed by atoms with Crippen LogP contribution < -0.4 is 5.32 Å². The highest BCUT2D eigenvalue weighted by Gasteiger charge is 2.08. The van der Waals surface area contributed by atoms with E-state index in [0.29, 0.717) is 0 Å². The molecule has 0 spiro atoms. The zero-order valence-corrected chi connectivity index (χ0v) is 10.4. The van der Waals surface area contributed by atoms with E-state index in [1.165, 1.54) is 6.07 Å². The standard InChI is InChI=1S/C12H13ClFN3/c1-15-7-9-6-12(16-17(9)2)8-3-4-11(14)10(13)5-8/h3-6,15H,7H2,1-2H3. The van der Waals surface area contributed by atoms with Crippen molar-refractivity contribution < 1.29 is 4.39 Å². The molecule has 2 rings (SSSR count). The highest BCUT2D eigenvalue weighted by atomic mass is 35.5. The Morgan fingerprint density at radius 1 is 1.41 bits per heavy atom. The Balaban J connectivity index is 2.39. The van der Waals surface area contributed by atoms with Gasteiger partial charge < -0.3 is 5.32 Å². The molecule has 0 saturated carbocycles. The van der Waals surface area contributed by atoms with E-state index in [0.717, 1.165) is 23.5 Å². The maximum Gasteiger partial charge on any atom is 0.141 e. The maximum atomic E-state index is 13.1. The molecular weight excluding hydrogens is 241 g/mol. The quantitative estimate of drug-likeness (QED) is 0.911. The normalized spacial score (nSPS) is 10.8. The van der Waals surface area contributed by atoms with E-state index >= 15 is 0 Å². The van der Waals surface area contributed by atoms with E-state index in [-0.39, 0.29) is 5.02 Å². The third-order valence-corrected chi connectivity index (χ3v) is 2.84. The predicted molar refractivity (Wildman–Crippen MR) is 66.4 cm³/mol. The van der Waals surface area contributed by atoms with Gasteiger partial charge in [0.2, 0.25) is 0 Å². The second-order valence-corrected chi connectivity index (χ2v) is 4.21. The van der Waals surface area contributed by atoms with Gasteiger partial charge in [-0.05, 0) is 31.3 Å². The molecule has 0 atom stereocenters. The Morgan fingerprint density at radius 2 is 2.18 bits per heavy atom. The van der Waals surface area contributed by atoms with Gasteiger partial charge in [0.05, 0.1) is 16.4 Å². The fourth-order valence-corrected chi connectivity index (χ4v) is 1.83. The van der Waals surface area contributed by atoms with Crippen LogP contribution in [0.1, 0.15) is 5.69 Å². The smallest absolute Gasteiger partial charge is 0.141 e. The van der Waals surface area contributed by atoms with Crippen LogP contribution in [0, 0.1) is 5.82 Å². The molecule has 1 aromatic carbocycles. The van der Waals surface area contributed by atoms with Crippen LogP contribution in [-0.4, -0.2) is 16.8 Å².